The van der Waals surface area contributed by atoms with Crippen LogP contribution in [0.3, 0.4) is 0 Å². The highest BCUT2D eigenvalue weighted by Gasteiger charge is 1.77. The van der Waals surface area contributed by atoms with Crippen LogP contribution in [0.1, 0.15) is 0 Å². The normalized spacial score (nSPS) is 6.00. The molecule has 0 rings (SSSR count). The summed E-state index contributed by atoms with van der Waals surface area (Å²) in [5, 5.41) is 0. The molecular formula is H8ClN2O2P. The summed E-state index contributed by atoms with van der Waals surface area (Å²) in [6.45, 7) is 0. The van der Waals surface area contributed by atoms with Gasteiger partial charge in [0, 0.05) is 0 Å². The van der Waals surface area contributed by atoms with Gasteiger partial charge in [0.1, 0.15) is 0 Å². The van der Waals surface area contributed by atoms with Crippen LogP contribution in [-0.2, 0) is 0 Å². The average Bonchev–Trinajstić information content (AvgIpc) is 0.811. The largest absolute Gasteiger partial charge is 0.344 e. The van der Waals surface area contributed by atoms with Crippen LogP contribution in [0.5, 0.6) is 0 Å². The zero-order valence-electron chi connectivity index (χ0n) is 3.13. The first kappa shape index (κ1) is 16.0. The van der Waals surface area contributed by atoms with Crippen LogP contribution in [0.4, 0.5) is 0 Å². The van der Waals surface area contributed by atoms with Gasteiger partial charge in [-0.2, -0.15) is 0 Å². The summed E-state index contributed by atoms with van der Waals surface area (Å²) in [6.07, 6.45) is 0. The van der Waals surface area contributed by atoms with E-state index in [1.165, 1.54) is 0 Å². The molecule has 0 atom stereocenters. The van der Waals surface area contributed by atoms with Crippen molar-refractivity contribution >= 4 is 19.0 Å². The van der Waals surface area contributed by atoms with Crippen LogP contribution in [-0.4, -0.2) is 9.79 Å². The van der Waals surface area contributed by atoms with Gasteiger partial charge in [0.25, 0.3) is 7.73 Å². The van der Waals surface area contributed by atoms with E-state index in [-0.39, 0.29) is 12.3 Å². The molecule has 0 aromatic carbocycles. The fourth-order valence-corrected chi connectivity index (χ4v) is 0. The highest BCUT2D eigenvalue weighted by atomic mass is 35.7. The molecule has 42 valence electrons. The molecule has 0 radical (unpaired) electrons. The van der Waals surface area contributed by atoms with E-state index >= 15 is 0 Å². The molecule has 4 nitrogen and oxygen atoms in total. The Kier molecular flexibility index (Phi) is 24.3. The molecule has 0 aromatic heterocycles. The maximum atomic E-state index is 7.44. The summed E-state index contributed by atoms with van der Waals surface area (Å²) in [6, 6.07) is 0. The minimum absolute atomic E-state index is 0. The van der Waals surface area contributed by atoms with Crippen LogP contribution < -0.4 is 12.3 Å². The van der Waals surface area contributed by atoms with Crippen LogP contribution in [0.25, 0.3) is 0 Å². The van der Waals surface area contributed by atoms with Crippen LogP contribution in [0, 0.1) is 0 Å². The lowest BCUT2D eigenvalue weighted by Gasteiger charge is -1.74. The van der Waals surface area contributed by atoms with E-state index in [1.54, 1.807) is 0 Å². The third kappa shape index (κ3) is 184. The minimum Gasteiger partial charge on any atom is -0.344 e. The maximum absolute atomic E-state index is 7.44. The molecule has 0 fully saturated rings. The molecule has 0 heterocycles. The van der Waals surface area contributed by atoms with Crippen molar-refractivity contribution in [1.82, 2.24) is 12.3 Å². The van der Waals surface area contributed by atoms with E-state index in [1.807, 2.05) is 0 Å². The Bertz CT molecular complexity index is 16.3. The average molecular weight is 135 g/mol. The molecule has 0 aliphatic heterocycles. The molecule has 0 aliphatic rings. The standard InChI is InChI=1S/ClH2O2P.2H3N/c1-4(2)3;;/h2-3H;2*1H3. The van der Waals surface area contributed by atoms with Gasteiger partial charge in [-0.05, 0) is 11.2 Å². The minimum atomic E-state index is -2.15. The zero-order chi connectivity index (χ0) is 3.58. The van der Waals surface area contributed by atoms with Gasteiger partial charge in [-0.1, -0.05) is 0 Å². The third-order valence-electron chi connectivity index (χ3n) is 0. The second-order valence-electron chi connectivity index (χ2n) is 0.241. The molecule has 0 saturated carbocycles. The van der Waals surface area contributed by atoms with E-state index in [4.69, 9.17) is 9.79 Å². The summed E-state index contributed by atoms with van der Waals surface area (Å²) < 4.78 is 0. The quantitative estimate of drug-likeness (QED) is 0.367. The van der Waals surface area contributed by atoms with Gasteiger partial charge in [-0.3, -0.25) is 0 Å². The molecule has 0 spiro atoms. The fourth-order valence-electron chi connectivity index (χ4n) is 0. The molecular weight excluding hydrogens is 126 g/mol. The molecule has 0 aliphatic carbocycles. The lowest BCUT2D eigenvalue weighted by molar-refractivity contribution is 0.504. The van der Waals surface area contributed by atoms with Crippen molar-refractivity contribution in [3.63, 3.8) is 0 Å². The maximum Gasteiger partial charge on any atom is 0.271 e. The highest BCUT2D eigenvalue weighted by Crippen LogP contribution is 2.27. The van der Waals surface area contributed by atoms with E-state index in [0.717, 1.165) is 0 Å². The summed E-state index contributed by atoms with van der Waals surface area (Å²) in [5.74, 6) is 0. The third-order valence-corrected chi connectivity index (χ3v) is 0. The zero-order valence-corrected chi connectivity index (χ0v) is 4.78. The van der Waals surface area contributed by atoms with Crippen LogP contribution in [0.15, 0.2) is 0 Å². The highest BCUT2D eigenvalue weighted by molar-refractivity contribution is 7.74. The first-order valence-electron chi connectivity index (χ1n) is 0.569. The van der Waals surface area contributed by atoms with Gasteiger partial charge in [-0.15, -0.1) is 0 Å². The van der Waals surface area contributed by atoms with Crippen LogP contribution >= 0.6 is 19.0 Å². The van der Waals surface area contributed by atoms with Gasteiger partial charge >= 0.3 is 0 Å². The number of halogens is 1. The van der Waals surface area contributed by atoms with E-state index in [2.05, 4.69) is 11.2 Å². The summed E-state index contributed by atoms with van der Waals surface area (Å²) in [7, 11) is -2.15. The van der Waals surface area contributed by atoms with Gasteiger partial charge in [-0.25, -0.2) is 0 Å². The van der Waals surface area contributed by atoms with E-state index in [0.29, 0.717) is 0 Å². The van der Waals surface area contributed by atoms with Gasteiger partial charge in [0.15, 0.2) is 0 Å². The van der Waals surface area contributed by atoms with E-state index in [9.17, 15) is 0 Å². The Morgan fingerprint density at radius 2 is 1.17 bits per heavy atom. The van der Waals surface area contributed by atoms with Crippen molar-refractivity contribution < 1.29 is 9.79 Å². The molecule has 6 heavy (non-hydrogen) atoms. The van der Waals surface area contributed by atoms with Gasteiger partial charge in [0.05, 0.1) is 0 Å². The Labute approximate surface area is 42.0 Å². The van der Waals surface area contributed by atoms with Gasteiger partial charge < -0.3 is 22.1 Å². The smallest absolute Gasteiger partial charge is 0.271 e. The predicted octanol–water partition coefficient (Wildman–Crippen LogP) is 0.761. The molecule has 0 unspecified atom stereocenters. The Morgan fingerprint density at radius 1 is 1.17 bits per heavy atom. The second kappa shape index (κ2) is 9.12. The van der Waals surface area contributed by atoms with Crippen molar-refractivity contribution in [3.8, 4) is 0 Å². The second-order valence-corrected chi connectivity index (χ2v) is 1.63. The van der Waals surface area contributed by atoms with E-state index < -0.39 is 7.73 Å². The molecule has 0 amide bonds. The molecule has 6 heteroatoms. The number of hydrogen-bond donors (Lipinski definition) is 4. The van der Waals surface area contributed by atoms with Crippen molar-refractivity contribution in [3.05, 3.63) is 0 Å². The lowest BCUT2D eigenvalue weighted by Crippen LogP contribution is -1.41. The monoisotopic (exact) mass is 134 g/mol. The first-order valence-corrected chi connectivity index (χ1v) is 2.72. The predicted molar refractivity (Wildman–Crippen MR) is 27.3 cm³/mol. The topological polar surface area (TPSA) is 110 Å². The fraction of sp³-hybridized carbons (Fsp3) is 0. The number of hydrogen-bond acceptors (Lipinski definition) is 4. The van der Waals surface area contributed by atoms with Gasteiger partial charge in [0.2, 0.25) is 0 Å². The van der Waals surface area contributed by atoms with Crippen molar-refractivity contribution in [2.45, 2.75) is 0 Å². The summed E-state index contributed by atoms with van der Waals surface area (Å²) in [4.78, 5) is 14.9. The molecule has 0 bridgehead atoms. The Balaban J connectivity index is -0.0000000450. The number of rotatable bonds is 0. The molecule has 0 aromatic rings. The molecule has 0 saturated heterocycles. The lowest BCUT2D eigenvalue weighted by atomic mass is 14.0. The van der Waals surface area contributed by atoms with Crippen LogP contribution in [0.2, 0.25) is 0 Å². The first-order chi connectivity index (χ1) is 1.73. The van der Waals surface area contributed by atoms with Crippen molar-refractivity contribution in [1.29, 1.82) is 0 Å². The Hall–Kier alpha value is 0.560. The Morgan fingerprint density at radius 3 is 1.17 bits per heavy atom. The molecule has 8 N–H and O–H groups in total. The summed E-state index contributed by atoms with van der Waals surface area (Å²) in [5.41, 5.74) is 0. The summed E-state index contributed by atoms with van der Waals surface area (Å²) >= 11 is 4.45. The SMILES string of the molecule is N.N.OP(O)Cl. The van der Waals surface area contributed by atoms with Crippen molar-refractivity contribution in [2.75, 3.05) is 0 Å². The van der Waals surface area contributed by atoms with Crippen molar-refractivity contribution in [2.24, 2.45) is 0 Å².